The first-order valence-electron chi connectivity index (χ1n) is 26.4. The maximum atomic E-state index is 15.1. The fourth-order valence-corrected chi connectivity index (χ4v) is 9.64. The molecular formula is C56H84N8O11. The molecule has 2 heterocycles. The molecule has 0 bridgehead atoms. The van der Waals surface area contributed by atoms with Crippen molar-refractivity contribution in [3.8, 4) is 0 Å². The summed E-state index contributed by atoms with van der Waals surface area (Å²) >= 11 is 0. The molecule has 2 aromatic rings. The molecule has 4 N–H and O–H groups in total. The van der Waals surface area contributed by atoms with E-state index in [0.717, 1.165) is 15.4 Å². The van der Waals surface area contributed by atoms with E-state index in [2.05, 4.69) is 16.0 Å². The van der Waals surface area contributed by atoms with Crippen molar-refractivity contribution in [2.24, 2.45) is 17.8 Å². The van der Waals surface area contributed by atoms with E-state index in [1.54, 1.807) is 45.0 Å². The Morgan fingerprint density at radius 1 is 0.613 bits per heavy atom. The molecule has 6 unspecified atom stereocenters. The van der Waals surface area contributed by atoms with Gasteiger partial charge in [-0.25, -0.2) is 4.79 Å². The van der Waals surface area contributed by atoms with Gasteiger partial charge in [0.15, 0.2) is 12.1 Å². The van der Waals surface area contributed by atoms with Crippen LogP contribution in [0.3, 0.4) is 0 Å². The lowest BCUT2D eigenvalue weighted by Gasteiger charge is -2.39. The first-order valence-corrected chi connectivity index (χ1v) is 26.4. The summed E-state index contributed by atoms with van der Waals surface area (Å²) in [6, 6.07) is 8.05. The lowest BCUT2D eigenvalue weighted by Crippen LogP contribution is -2.62. The predicted octanol–water partition coefficient (Wildman–Crippen LogP) is 3.10. The third-order valence-corrected chi connectivity index (χ3v) is 15.1. The Morgan fingerprint density at radius 2 is 1.11 bits per heavy atom. The molecule has 4 rings (SSSR count). The number of benzene rings is 2. The number of nitrogens with zero attached hydrogens (tertiary/aromatic N) is 5. The molecule has 19 nitrogen and oxygen atoms in total. The van der Waals surface area contributed by atoms with Crippen LogP contribution in [-0.2, 0) is 60.7 Å². The van der Waals surface area contributed by atoms with E-state index in [1.165, 1.54) is 70.6 Å². The van der Waals surface area contributed by atoms with Gasteiger partial charge in [-0.2, -0.15) is 0 Å². The quantitative estimate of drug-likeness (QED) is 0.239. The largest absolute Gasteiger partial charge is 0.450 e. The van der Waals surface area contributed by atoms with Crippen molar-refractivity contribution >= 4 is 53.2 Å². The van der Waals surface area contributed by atoms with Crippen LogP contribution >= 0.6 is 0 Å². The molecule has 8 amide bonds. The van der Waals surface area contributed by atoms with Crippen molar-refractivity contribution in [1.82, 2.24) is 40.4 Å². The number of carbonyl (C=O) groups is 9. The van der Waals surface area contributed by atoms with E-state index in [9.17, 15) is 38.7 Å². The SMILES string of the molecule is CCC(C)C1NC(=O)[C@@H]2CCCN2C(=O)[C@H](Cc2ccccc2)N(C)C(=O)C(Cc2ccccc2)NC(=O)[C@H](C)N(C)C(=O)C([C@H](C)CC)OC(=O)C(C(C)(C)O)N(C)C(=O)C(CC(C)C)NC(=O)[C@H](C)N(C)C1=O. The zero-order valence-electron chi connectivity index (χ0n) is 46.6. The summed E-state index contributed by atoms with van der Waals surface area (Å²) in [5, 5.41) is 20.1. The molecule has 2 saturated heterocycles. The number of fused-ring (bicyclic) bond motifs is 1. The molecule has 2 aliphatic heterocycles. The molecule has 0 aliphatic carbocycles. The van der Waals surface area contributed by atoms with Crippen LogP contribution in [0.1, 0.15) is 112 Å². The number of amides is 8. The Labute approximate surface area is 443 Å². The van der Waals surface area contributed by atoms with Gasteiger partial charge in [-0.05, 0) is 76.3 Å². The highest BCUT2D eigenvalue weighted by Crippen LogP contribution is 2.26. The summed E-state index contributed by atoms with van der Waals surface area (Å²) in [4.78, 5) is 137. The summed E-state index contributed by atoms with van der Waals surface area (Å²) in [6.07, 6.45) is 0.136. The molecule has 19 heteroatoms. The maximum Gasteiger partial charge on any atom is 0.332 e. The van der Waals surface area contributed by atoms with Gasteiger partial charge in [0.25, 0.3) is 5.91 Å². The van der Waals surface area contributed by atoms with Gasteiger partial charge < -0.3 is 50.3 Å². The van der Waals surface area contributed by atoms with Crippen molar-refractivity contribution in [3.05, 3.63) is 71.8 Å². The number of likely N-dealkylation sites (N-methyl/N-ethyl adjacent to an activating group) is 4. The van der Waals surface area contributed by atoms with Crippen molar-refractivity contribution in [1.29, 1.82) is 0 Å². The lowest BCUT2D eigenvalue weighted by molar-refractivity contribution is -0.177. The number of ether oxygens (including phenoxy) is 1. The molecule has 0 spiro atoms. The van der Waals surface area contributed by atoms with Crippen molar-refractivity contribution in [2.45, 2.75) is 174 Å². The highest BCUT2D eigenvalue weighted by atomic mass is 16.6. The number of nitrogens with one attached hydrogen (secondary N) is 3. The molecule has 2 aliphatic rings. The van der Waals surface area contributed by atoms with Crippen LogP contribution in [-0.4, -0.2) is 178 Å². The minimum atomic E-state index is -1.96. The number of hydrogen-bond acceptors (Lipinski definition) is 11. The highest BCUT2D eigenvalue weighted by molar-refractivity contribution is 5.99. The fourth-order valence-electron chi connectivity index (χ4n) is 9.64. The number of rotatable bonds is 11. The molecule has 2 fully saturated rings. The predicted molar refractivity (Wildman–Crippen MR) is 283 cm³/mol. The average Bonchev–Trinajstić information content (AvgIpc) is 3.88. The minimum absolute atomic E-state index is 0.00393. The van der Waals surface area contributed by atoms with Crippen LogP contribution in [0, 0.1) is 17.8 Å². The van der Waals surface area contributed by atoms with Crippen LogP contribution < -0.4 is 16.0 Å². The molecule has 414 valence electrons. The second-order valence-electron chi connectivity index (χ2n) is 21.7. The van der Waals surface area contributed by atoms with E-state index in [0.29, 0.717) is 24.8 Å². The van der Waals surface area contributed by atoms with Crippen LogP contribution in [0.5, 0.6) is 0 Å². The maximum absolute atomic E-state index is 15.1. The third-order valence-electron chi connectivity index (χ3n) is 15.1. The first kappa shape index (κ1) is 61.2. The van der Waals surface area contributed by atoms with E-state index < -0.39 is 125 Å². The molecule has 0 saturated carbocycles. The van der Waals surface area contributed by atoms with Crippen molar-refractivity contribution < 1.29 is 53.0 Å². The summed E-state index contributed by atoms with van der Waals surface area (Å²) < 4.78 is 5.98. The Kier molecular flexibility index (Phi) is 22.0. The second-order valence-corrected chi connectivity index (χ2v) is 21.7. The van der Waals surface area contributed by atoms with Gasteiger partial charge in [0.05, 0.1) is 5.60 Å². The monoisotopic (exact) mass is 1040 g/mol. The summed E-state index contributed by atoms with van der Waals surface area (Å²) in [7, 11) is 5.55. The van der Waals surface area contributed by atoms with E-state index in [-0.39, 0.29) is 38.1 Å². The Bertz CT molecular complexity index is 2330. The standard InChI is InChI=1S/C56H84N8O11/c1-15-34(5)44-53(71)60(11)36(7)47(65)57-40(30-33(3)4)51(69)63(14)46(56(9,10)74)55(73)75-45(35(6)16-2)54(72)61(12)37(8)48(66)58-41(31-38-24-19-17-20-25-38)50(68)62(13)43(32-39-26-21-18-22-27-39)52(70)64-29-23-28-42(64)49(67)59-44/h17-22,24-27,33-37,40-46,74H,15-16,23,28-32H2,1-14H3,(H,57,65)(H,58,66)(H,59,67)/t34?,35-,36+,37+,40?,41?,42+,43+,44?,45?,46?/m1/s1. The van der Waals surface area contributed by atoms with Crippen LogP contribution in [0.15, 0.2) is 60.7 Å². The number of carbonyl (C=O) groups excluding carboxylic acids is 9. The topological polar surface area (TPSA) is 235 Å². The molecular weight excluding hydrogens is 961 g/mol. The molecule has 2 aromatic carbocycles. The Morgan fingerprint density at radius 3 is 1.61 bits per heavy atom. The lowest BCUT2D eigenvalue weighted by atomic mass is 9.94. The molecule has 0 radical (unpaired) electrons. The number of aliphatic hydroxyl groups is 1. The van der Waals surface area contributed by atoms with E-state index >= 15 is 9.59 Å². The van der Waals surface area contributed by atoms with Crippen LogP contribution in [0.4, 0.5) is 0 Å². The molecule has 11 atom stereocenters. The highest BCUT2D eigenvalue weighted by Gasteiger charge is 2.47. The smallest absolute Gasteiger partial charge is 0.332 e. The van der Waals surface area contributed by atoms with Gasteiger partial charge in [0.2, 0.25) is 41.4 Å². The molecule has 75 heavy (non-hydrogen) atoms. The average molecular weight is 1050 g/mol. The van der Waals surface area contributed by atoms with Gasteiger partial charge >= 0.3 is 5.97 Å². The van der Waals surface area contributed by atoms with Gasteiger partial charge in [-0.1, -0.05) is 109 Å². The van der Waals surface area contributed by atoms with Gasteiger partial charge in [0.1, 0.15) is 42.3 Å². The Balaban J connectivity index is 1.90. The van der Waals surface area contributed by atoms with Crippen molar-refractivity contribution in [3.63, 3.8) is 0 Å². The fraction of sp³-hybridized carbons (Fsp3) is 0.625. The summed E-state index contributed by atoms with van der Waals surface area (Å²) in [5.41, 5.74) is -0.543. The van der Waals surface area contributed by atoms with Gasteiger partial charge in [-0.3, -0.25) is 38.4 Å². The van der Waals surface area contributed by atoms with Crippen molar-refractivity contribution in [2.75, 3.05) is 34.7 Å². The minimum Gasteiger partial charge on any atom is -0.450 e. The number of hydrogen-bond donors (Lipinski definition) is 4. The third kappa shape index (κ3) is 15.4. The second kappa shape index (κ2) is 26.9. The number of cyclic esters (lactones) is 1. The normalized spacial score (nSPS) is 27.1. The first-order chi connectivity index (χ1) is 35.2. The zero-order chi connectivity index (χ0) is 56.2. The zero-order valence-corrected chi connectivity index (χ0v) is 46.6. The Hall–Kier alpha value is -6.37. The van der Waals surface area contributed by atoms with E-state index in [1.807, 2.05) is 57.2 Å². The number of esters is 1. The van der Waals surface area contributed by atoms with Crippen LogP contribution in [0.25, 0.3) is 0 Å². The van der Waals surface area contributed by atoms with Gasteiger partial charge in [-0.15, -0.1) is 0 Å². The van der Waals surface area contributed by atoms with E-state index in [4.69, 9.17) is 4.74 Å². The summed E-state index contributed by atoms with van der Waals surface area (Å²) in [6.45, 7) is 16.5. The van der Waals surface area contributed by atoms with Gasteiger partial charge in [0, 0.05) is 53.5 Å². The molecule has 0 aromatic heterocycles. The summed E-state index contributed by atoms with van der Waals surface area (Å²) in [5.74, 6) is -7.65. The van der Waals surface area contributed by atoms with Crippen LogP contribution in [0.2, 0.25) is 0 Å².